The lowest BCUT2D eigenvalue weighted by Gasteiger charge is -2.42. The van der Waals surface area contributed by atoms with Crippen LogP contribution in [0.2, 0.25) is 0 Å². The Labute approximate surface area is 461 Å². The van der Waals surface area contributed by atoms with E-state index in [1.807, 2.05) is 12.2 Å². The SMILES string of the molecule is CC/C=C\C/C=C\C/C=C\C/C=C\C/C=C\C/C=C\CCCCCCCOCC(COC1OC(COC2OC(CO)C(O)C(O)C2O)C(O)C(O)C1O)OC(=O)CC/C=C\C/C=C\C/C=C\C/C=C\C/C=C\C/C=C\CC. The zero-order valence-corrected chi connectivity index (χ0v) is 46.4. The van der Waals surface area contributed by atoms with E-state index in [0.717, 1.165) is 116 Å². The van der Waals surface area contributed by atoms with Gasteiger partial charge in [-0.15, -0.1) is 0 Å². The molecule has 2 aliphatic heterocycles. The first-order valence-corrected chi connectivity index (χ1v) is 28.4. The monoisotopic (exact) mass is 1080 g/mol. The lowest BCUT2D eigenvalue weighted by Crippen LogP contribution is -2.61. The Hall–Kier alpha value is -4.13. The van der Waals surface area contributed by atoms with Crippen LogP contribution in [-0.2, 0) is 33.2 Å². The number of aliphatic hydroxyl groups excluding tert-OH is 7. The summed E-state index contributed by atoms with van der Waals surface area (Å²) in [4.78, 5) is 13.0. The van der Waals surface area contributed by atoms with Crippen molar-refractivity contribution in [1.29, 1.82) is 0 Å². The molecule has 0 amide bonds. The number of aliphatic hydroxyl groups is 7. The first-order chi connectivity index (χ1) is 37.6. The van der Waals surface area contributed by atoms with Crippen LogP contribution in [0.5, 0.6) is 0 Å². The minimum atomic E-state index is -1.73. The van der Waals surface area contributed by atoms with Gasteiger partial charge in [0.15, 0.2) is 12.6 Å². The van der Waals surface area contributed by atoms with Gasteiger partial charge in [-0.3, -0.25) is 4.79 Å². The maximum Gasteiger partial charge on any atom is 0.306 e. The summed E-state index contributed by atoms with van der Waals surface area (Å²) in [5.41, 5.74) is 0. The van der Waals surface area contributed by atoms with E-state index in [9.17, 15) is 40.5 Å². The van der Waals surface area contributed by atoms with Crippen molar-refractivity contribution in [3.8, 4) is 0 Å². The highest BCUT2D eigenvalue weighted by Gasteiger charge is 2.47. The number of hydrogen-bond donors (Lipinski definition) is 7. The van der Waals surface area contributed by atoms with Gasteiger partial charge in [0.05, 0.1) is 26.4 Å². The molecule has 11 atom stereocenters. The molecule has 2 saturated heterocycles. The topological polar surface area (TPSA) is 214 Å². The first-order valence-electron chi connectivity index (χ1n) is 28.4. The van der Waals surface area contributed by atoms with Gasteiger partial charge in [0.1, 0.15) is 54.9 Å². The van der Waals surface area contributed by atoms with Crippen LogP contribution < -0.4 is 0 Å². The molecule has 0 bridgehead atoms. The van der Waals surface area contributed by atoms with Crippen molar-refractivity contribution in [3.05, 3.63) is 146 Å². The lowest BCUT2D eigenvalue weighted by molar-refractivity contribution is -0.332. The molecular weight excluding hydrogens is 981 g/mol. The fourth-order valence-corrected chi connectivity index (χ4v) is 7.84. The Morgan fingerprint density at radius 2 is 0.805 bits per heavy atom. The van der Waals surface area contributed by atoms with Crippen LogP contribution >= 0.6 is 0 Å². The summed E-state index contributed by atoms with van der Waals surface area (Å²) in [6.07, 6.45) is 53.5. The molecule has 77 heavy (non-hydrogen) atoms. The van der Waals surface area contributed by atoms with Gasteiger partial charge in [0, 0.05) is 13.0 Å². The minimum absolute atomic E-state index is 0.00593. The van der Waals surface area contributed by atoms with Crippen LogP contribution in [-0.4, -0.2) is 142 Å². The number of esters is 1. The van der Waals surface area contributed by atoms with Crippen molar-refractivity contribution in [2.45, 2.75) is 210 Å². The molecule has 2 heterocycles. The molecular formula is C63H98O14. The van der Waals surface area contributed by atoms with Gasteiger partial charge >= 0.3 is 5.97 Å². The van der Waals surface area contributed by atoms with Crippen LogP contribution in [0, 0.1) is 0 Å². The number of carbonyl (C=O) groups is 1. The van der Waals surface area contributed by atoms with Gasteiger partial charge in [0.2, 0.25) is 0 Å². The zero-order valence-electron chi connectivity index (χ0n) is 46.4. The molecule has 0 aliphatic carbocycles. The van der Waals surface area contributed by atoms with Crippen LogP contribution in [0.3, 0.4) is 0 Å². The van der Waals surface area contributed by atoms with Crippen LogP contribution in [0.4, 0.5) is 0 Å². The van der Waals surface area contributed by atoms with Crippen molar-refractivity contribution >= 4 is 5.97 Å². The third-order valence-corrected chi connectivity index (χ3v) is 12.4. The minimum Gasteiger partial charge on any atom is -0.457 e. The van der Waals surface area contributed by atoms with Gasteiger partial charge in [-0.25, -0.2) is 0 Å². The summed E-state index contributed by atoms with van der Waals surface area (Å²) in [5, 5.41) is 72.3. The predicted molar refractivity (Wildman–Crippen MR) is 306 cm³/mol. The number of allylic oxidation sites excluding steroid dienone is 24. The molecule has 0 aromatic heterocycles. The van der Waals surface area contributed by atoms with Gasteiger partial charge < -0.3 is 64.2 Å². The van der Waals surface area contributed by atoms with Gasteiger partial charge in [-0.2, -0.15) is 0 Å². The normalized spacial score (nSPS) is 25.4. The third kappa shape index (κ3) is 34.5. The molecule has 14 heteroatoms. The molecule has 7 N–H and O–H groups in total. The second kappa shape index (κ2) is 47.8. The predicted octanol–water partition coefficient (Wildman–Crippen LogP) is 10.1. The van der Waals surface area contributed by atoms with Crippen molar-refractivity contribution in [2.75, 3.05) is 33.0 Å². The summed E-state index contributed by atoms with van der Waals surface area (Å²) in [6.45, 7) is 3.27. The average Bonchev–Trinajstić information content (AvgIpc) is 3.43. The summed E-state index contributed by atoms with van der Waals surface area (Å²) < 4.78 is 34.2. The highest BCUT2D eigenvalue weighted by atomic mass is 16.7. The van der Waals surface area contributed by atoms with E-state index in [0.29, 0.717) is 13.0 Å². The van der Waals surface area contributed by atoms with E-state index >= 15 is 0 Å². The van der Waals surface area contributed by atoms with E-state index in [4.69, 9.17) is 28.4 Å². The smallest absolute Gasteiger partial charge is 0.306 e. The van der Waals surface area contributed by atoms with Crippen LogP contribution in [0.1, 0.15) is 142 Å². The first kappa shape index (κ1) is 69.0. The summed E-state index contributed by atoms with van der Waals surface area (Å²) >= 11 is 0. The number of unbranched alkanes of at least 4 members (excludes halogenated alkanes) is 5. The fraction of sp³-hybridized carbons (Fsp3) is 0.603. The number of rotatable bonds is 43. The Bertz CT molecular complexity index is 1820. The molecule has 2 aliphatic rings. The average molecular weight is 1080 g/mol. The number of hydrogen-bond acceptors (Lipinski definition) is 14. The van der Waals surface area contributed by atoms with Gasteiger partial charge in [0.25, 0.3) is 0 Å². The maximum atomic E-state index is 13.0. The molecule has 0 radical (unpaired) electrons. The number of ether oxygens (including phenoxy) is 6. The van der Waals surface area contributed by atoms with E-state index in [-0.39, 0.29) is 19.6 Å². The highest BCUT2D eigenvalue weighted by Crippen LogP contribution is 2.26. The molecule has 2 fully saturated rings. The molecule has 14 nitrogen and oxygen atoms in total. The van der Waals surface area contributed by atoms with E-state index in [1.165, 1.54) is 0 Å². The maximum absolute atomic E-state index is 13.0. The standard InChI is InChI=1S/C63H98O14/c1-3-5-7-9-11-13-15-17-19-21-23-24-25-26-27-29-31-33-35-37-39-41-43-45-47-72-49-52(75-55(65)46-44-42-40-38-36-34-32-30-28-22-20-18-16-14-12-10-8-6-4-2)50-73-62-61(71)59(69)57(67)54(77-62)51-74-63-60(70)58(68)56(66)53(48-64)76-63/h5-8,11-14,17-20,23-24,26-28,30-31,33-34,36,40,42,52-54,56-64,66-71H,3-4,9-10,15-16,21-22,25,29,32,35,37-39,41,43-51H2,1-2H3/b7-5-,8-6-,13-11-,14-12-,19-17-,20-18-,24-23-,27-26-,30-28-,33-31-,36-34-,42-40-. The Kier molecular flexibility index (Phi) is 42.8. The Morgan fingerprint density at radius 1 is 0.429 bits per heavy atom. The van der Waals surface area contributed by atoms with E-state index in [2.05, 4.69) is 148 Å². The second-order valence-corrected chi connectivity index (χ2v) is 19.0. The largest absolute Gasteiger partial charge is 0.457 e. The van der Waals surface area contributed by atoms with Gasteiger partial charge in [-0.1, -0.05) is 179 Å². The zero-order chi connectivity index (χ0) is 55.8. The molecule has 434 valence electrons. The van der Waals surface area contributed by atoms with Crippen molar-refractivity contribution in [1.82, 2.24) is 0 Å². The Balaban J connectivity index is 1.78. The summed E-state index contributed by atoms with van der Waals surface area (Å²) in [5.74, 6) is -0.472. The summed E-state index contributed by atoms with van der Waals surface area (Å²) in [6, 6.07) is 0. The highest BCUT2D eigenvalue weighted by molar-refractivity contribution is 5.69. The van der Waals surface area contributed by atoms with Crippen LogP contribution in [0.15, 0.2) is 146 Å². The quantitative estimate of drug-likeness (QED) is 0.0172. The molecule has 11 unspecified atom stereocenters. The molecule has 0 aromatic carbocycles. The second-order valence-electron chi connectivity index (χ2n) is 19.0. The van der Waals surface area contributed by atoms with Crippen LogP contribution in [0.25, 0.3) is 0 Å². The van der Waals surface area contributed by atoms with E-state index < -0.39 is 86.7 Å². The van der Waals surface area contributed by atoms with E-state index in [1.54, 1.807) is 0 Å². The molecule has 0 spiro atoms. The third-order valence-electron chi connectivity index (χ3n) is 12.4. The molecule has 0 saturated carbocycles. The lowest BCUT2D eigenvalue weighted by atomic mass is 9.98. The van der Waals surface area contributed by atoms with Crippen molar-refractivity contribution < 1.29 is 69.0 Å². The Morgan fingerprint density at radius 3 is 1.26 bits per heavy atom. The number of carbonyl (C=O) groups excluding carboxylic acids is 1. The molecule has 0 aromatic rings. The molecule has 2 rings (SSSR count). The van der Waals surface area contributed by atoms with Crippen molar-refractivity contribution in [3.63, 3.8) is 0 Å². The summed E-state index contributed by atoms with van der Waals surface area (Å²) in [7, 11) is 0. The van der Waals surface area contributed by atoms with Gasteiger partial charge in [-0.05, 0) is 103 Å². The fourth-order valence-electron chi connectivity index (χ4n) is 7.84. The van der Waals surface area contributed by atoms with Crippen molar-refractivity contribution in [2.24, 2.45) is 0 Å².